The summed E-state index contributed by atoms with van der Waals surface area (Å²) in [6, 6.07) is 16.9. The molecule has 2 aromatic heterocycles. The van der Waals surface area contributed by atoms with Gasteiger partial charge in [0.2, 0.25) is 0 Å². The Morgan fingerprint density at radius 1 is 1.10 bits per heavy atom. The maximum atomic E-state index is 11.5. The second-order valence-electron chi connectivity index (χ2n) is 7.15. The Morgan fingerprint density at radius 2 is 1.83 bits per heavy atom. The van der Waals surface area contributed by atoms with Crippen molar-refractivity contribution in [1.82, 2.24) is 14.5 Å². The van der Waals surface area contributed by atoms with Crippen LogP contribution in [0.15, 0.2) is 54.6 Å². The molecule has 2 aromatic carbocycles. The normalized spacial score (nSPS) is 11.0. The van der Waals surface area contributed by atoms with E-state index in [-0.39, 0.29) is 0 Å². The number of carboxylic acids is 1. The summed E-state index contributed by atoms with van der Waals surface area (Å²) in [5, 5.41) is 9.45. The first kappa shape index (κ1) is 19.6. The van der Waals surface area contributed by atoms with Crippen LogP contribution in [0.4, 0.5) is 0 Å². The lowest BCUT2D eigenvalue weighted by atomic mass is 9.99. The van der Waals surface area contributed by atoms with Gasteiger partial charge in [0.25, 0.3) is 0 Å². The van der Waals surface area contributed by atoms with Crippen molar-refractivity contribution in [3.05, 3.63) is 77.2 Å². The van der Waals surface area contributed by atoms with Crippen LogP contribution in [0.5, 0.6) is 5.75 Å². The van der Waals surface area contributed by atoms with E-state index >= 15 is 0 Å². The molecule has 0 saturated heterocycles. The summed E-state index contributed by atoms with van der Waals surface area (Å²) in [6.07, 6.45) is 0.780. The molecule has 0 fully saturated rings. The quantitative estimate of drug-likeness (QED) is 0.506. The first-order valence-corrected chi connectivity index (χ1v) is 9.84. The molecule has 152 valence electrons. The Kier molecular flexibility index (Phi) is 5.23. The number of carboxylic acid groups (broad SMARTS) is 1. The predicted molar refractivity (Wildman–Crippen MR) is 116 cm³/mol. The zero-order valence-corrected chi connectivity index (χ0v) is 17.2. The van der Waals surface area contributed by atoms with Gasteiger partial charge in [0.05, 0.1) is 19.2 Å². The lowest BCUT2D eigenvalue weighted by Crippen LogP contribution is -2.06. The van der Waals surface area contributed by atoms with E-state index in [1.807, 2.05) is 49.4 Å². The monoisotopic (exact) mass is 401 g/mol. The van der Waals surface area contributed by atoms with E-state index in [0.29, 0.717) is 17.7 Å². The van der Waals surface area contributed by atoms with E-state index in [2.05, 4.69) is 11.5 Å². The summed E-state index contributed by atoms with van der Waals surface area (Å²) < 4.78 is 7.62. The number of aryl methyl sites for hydroxylation is 2. The molecule has 0 bridgehead atoms. The number of rotatable bonds is 6. The molecule has 30 heavy (non-hydrogen) atoms. The zero-order valence-electron chi connectivity index (χ0n) is 17.2. The Bertz CT molecular complexity index is 1230. The van der Waals surface area contributed by atoms with E-state index < -0.39 is 5.97 Å². The van der Waals surface area contributed by atoms with Gasteiger partial charge in [-0.3, -0.25) is 0 Å². The number of hydrogen-bond acceptors (Lipinski definition) is 4. The largest absolute Gasteiger partial charge is 0.494 e. The highest BCUT2D eigenvalue weighted by molar-refractivity contribution is 5.96. The molecule has 6 nitrogen and oxygen atoms in total. The van der Waals surface area contributed by atoms with Crippen LogP contribution in [0.2, 0.25) is 0 Å². The number of methoxy groups -OCH3 is 1. The molecule has 0 saturated carbocycles. The highest BCUT2D eigenvalue weighted by atomic mass is 16.5. The average Bonchev–Trinajstić information content (AvgIpc) is 3.11. The number of benzene rings is 2. The van der Waals surface area contributed by atoms with Gasteiger partial charge in [0.1, 0.15) is 17.1 Å². The molecule has 0 radical (unpaired) electrons. The third-order valence-corrected chi connectivity index (χ3v) is 5.17. The number of ether oxygens (including phenoxy) is 1. The van der Waals surface area contributed by atoms with Crippen molar-refractivity contribution in [1.29, 1.82) is 0 Å². The fourth-order valence-corrected chi connectivity index (χ4v) is 3.71. The second kappa shape index (κ2) is 7.99. The SMILES string of the molecule is CCc1nc2c(OC)cc(C)nc2n1Cc1ccc(-c2ccccc2C(=O)O)cc1. The molecule has 4 aromatic rings. The molecule has 0 aliphatic heterocycles. The second-order valence-corrected chi connectivity index (χ2v) is 7.15. The van der Waals surface area contributed by atoms with E-state index in [9.17, 15) is 9.90 Å². The van der Waals surface area contributed by atoms with E-state index in [4.69, 9.17) is 14.7 Å². The fraction of sp³-hybridized carbons (Fsp3) is 0.208. The van der Waals surface area contributed by atoms with E-state index in [1.165, 1.54) is 0 Å². The molecule has 0 atom stereocenters. The minimum Gasteiger partial charge on any atom is -0.494 e. The number of carbonyl (C=O) groups is 1. The minimum absolute atomic E-state index is 0.297. The summed E-state index contributed by atoms with van der Waals surface area (Å²) >= 11 is 0. The number of fused-ring (bicyclic) bond motifs is 1. The zero-order chi connectivity index (χ0) is 21.3. The van der Waals surface area contributed by atoms with Gasteiger partial charge in [0.15, 0.2) is 5.65 Å². The molecule has 6 heteroatoms. The number of nitrogens with zero attached hydrogens (tertiary/aromatic N) is 3. The van der Waals surface area contributed by atoms with Crippen molar-refractivity contribution >= 4 is 17.1 Å². The highest BCUT2D eigenvalue weighted by Crippen LogP contribution is 2.28. The molecule has 4 rings (SSSR count). The first-order chi connectivity index (χ1) is 14.5. The molecular weight excluding hydrogens is 378 g/mol. The van der Waals surface area contributed by atoms with Gasteiger partial charge in [0, 0.05) is 18.2 Å². The number of pyridine rings is 1. The predicted octanol–water partition coefficient (Wildman–Crippen LogP) is 4.72. The Labute approximate surface area is 174 Å². The Balaban J connectivity index is 1.72. The van der Waals surface area contributed by atoms with Crippen LogP contribution in [0.1, 0.15) is 34.4 Å². The molecule has 0 aliphatic carbocycles. The Hall–Kier alpha value is -3.67. The number of aromatic carboxylic acids is 1. The molecule has 2 heterocycles. The summed E-state index contributed by atoms with van der Waals surface area (Å²) in [4.78, 5) is 21.0. The molecule has 0 spiro atoms. The van der Waals surface area contributed by atoms with Crippen molar-refractivity contribution in [2.75, 3.05) is 7.11 Å². The van der Waals surface area contributed by atoms with Crippen molar-refractivity contribution in [3.8, 4) is 16.9 Å². The molecule has 0 unspecified atom stereocenters. The van der Waals surface area contributed by atoms with Gasteiger partial charge < -0.3 is 14.4 Å². The van der Waals surface area contributed by atoms with Gasteiger partial charge in [-0.2, -0.15) is 0 Å². The van der Waals surface area contributed by atoms with Crippen LogP contribution in [0.25, 0.3) is 22.3 Å². The van der Waals surface area contributed by atoms with Gasteiger partial charge in [-0.05, 0) is 29.7 Å². The van der Waals surface area contributed by atoms with Crippen LogP contribution >= 0.6 is 0 Å². The molecular formula is C24H23N3O3. The standard InChI is InChI=1S/C24H23N3O3/c1-4-21-26-22-20(30-3)13-15(2)25-23(22)27(21)14-16-9-11-17(12-10-16)18-7-5-6-8-19(18)24(28)29/h5-13H,4,14H2,1-3H3,(H,28,29). The van der Waals surface area contributed by atoms with Crippen LogP contribution < -0.4 is 4.74 Å². The third-order valence-electron chi connectivity index (χ3n) is 5.17. The van der Waals surface area contributed by atoms with Crippen molar-refractivity contribution in [2.45, 2.75) is 26.8 Å². The molecule has 1 N–H and O–H groups in total. The Morgan fingerprint density at radius 3 is 2.50 bits per heavy atom. The maximum absolute atomic E-state index is 11.5. The molecule has 0 amide bonds. The number of aromatic nitrogens is 3. The molecule has 0 aliphatic rings. The van der Waals surface area contributed by atoms with Crippen LogP contribution in [-0.2, 0) is 13.0 Å². The summed E-state index contributed by atoms with van der Waals surface area (Å²) in [7, 11) is 1.65. The van der Waals surface area contributed by atoms with Crippen molar-refractivity contribution < 1.29 is 14.6 Å². The minimum atomic E-state index is -0.928. The van der Waals surface area contributed by atoms with Gasteiger partial charge in [-0.15, -0.1) is 0 Å². The highest BCUT2D eigenvalue weighted by Gasteiger charge is 2.16. The van der Waals surface area contributed by atoms with Gasteiger partial charge in [-0.25, -0.2) is 14.8 Å². The van der Waals surface area contributed by atoms with Crippen LogP contribution in [-0.4, -0.2) is 32.7 Å². The average molecular weight is 401 g/mol. The van der Waals surface area contributed by atoms with E-state index in [0.717, 1.165) is 46.0 Å². The van der Waals surface area contributed by atoms with Gasteiger partial charge >= 0.3 is 5.97 Å². The van der Waals surface area contributed by atoms with Crippen LogP contribution in [0.3, 0.4) is 0 Å². The van der Waals surface area contributed by atoms with E-state index in [1.54, 1.807) is 19.2 Å². The van der Waals surface area contributed by atoms with Crippen LogP contribution in [0, 0.1) is 6.92 Å². The smallest absolute Gasteiger partial charge is 0.336 e. The van der Waals surface area contributed by atoms with Gasteiger partial charge in [-0.1, -0.05) is 49.4 Å². The summed E-state index contributed by atoms with van der Waals surface area (Å²) in [6.45, 7) is 4.64. The van der Waals surface area contributed by atoms with Crippen molar-refractivity contribution in [2.24, 2.45) is 0 Å². The summed E-state index contributed by atoms with van der Waals surface area (Å²) in [5.74, 6) is 0.746. The first-order valence-electron chi connectivity index (χ1n) is 9.84. The summed E-state index contributed by atoms with van der Waals surface area (Å²) in [5.41, 5.74) is 5.42. The fourth-order valence-electron chi connectivity index (χ4n) is 3.71. The third kappa shape index (κ3) is 3.52. The lowest BCUT2D eigenvalue weighted by Gasteiger charge is -2.10. The maximum Gasteiger partial charge on any atom is 0.336 e. The van der Waals surface area contributed by atoms with Crippen molar-refractivity contribution in [3.63, 3.8) is 0 Å². The number of imidazole rings is 1. The topological polar surface area (TPSA) is 77.2 Å². The lowest BCUT2D eigenvalue weighted by molar-refractivity contribution is 0.0697. The number of hydrogen-bond donors (Lipinski definition) is 1.